The van der Waals surface area contributed by atoms with Gasteiger partial charge in [-0.25, -0.2) is 24.5 Å². The Hall–Kier alpha value is -5.92. The first kappa shape index (κ1) is 35.9. The van der Waals surface area contributed by atoms with Crippen molar-refractivity contribution < 1.29 is 53.4 Å². The summed E-state index contributed by atoms with van der Waals surface area (Å²) in [6.07, 6.45) is -0.749. The second-order valence-corrected chi connectivity index (χ2v) is 10.6. The Morgan fingerprint density at radius 1 is 0.612 bits per heavy atom. The summed E-state index contributed by atoms with van der Waals surface area (Å²) in [7, 11) is 2.50. The zero-order valence-corrected chi connectivity index (χ0v) is 27.6. The van der Waals surface area contributed by atoms with E-state index in [1.807, 2.05) is 0 Å². The number of aromatic nitrogens is 3. The number of benzene rings is 3. The summed E-state index contributed by atoms with van der Waals surface area (Å²) >= 11 is 0. The Morgan fingerprint density at radius 3 is 1.22 bits per heavy atom. The van der Waals surface area contributed by atoms with Crippen molar-refractivity contribution in [3.8, 4) is 68.7 Å². The van der Waals surface area contributed by atoms with Crippen LogP contribution in [0.5, 0.6) is 34.5 Å². The van der Waals surface area contributed by atoms with Crippen LogP contribution >= 0.6 is 0 Å². The molecule has 0 aliphatic carbocycles. The maximum absolute atomic E-state index is 12.0. The SMILES string of the molecule is CCC(C=O)Oc1ccc(-c2nc(-c3ccc(OC(CC)C(=O)OC)cc3O)nc(-c3ccc(OC(CC)C(=O)OC)cc3O)n2)c(O)c1. The molecule has 0 amide bonds. The third-order valence-electron chi connectivity index (χ3n) is 7.33. The number of nitrogens with zero attached hydrogens (tertiary/aromatic N) is 3. The largest absolute Gasteiger partial charge is 0.507 e. The number of carbonyl (C=O) groups is 3. The van der Waals surface area contributed by atoms with Gasteiger partial charge in [0.25, 0.3) is 0 Å². The average molecular weight is 676 g/mol. The van der Waals surface area contributed by atoms with Crippen molar-refractivity contribution >= 4 is 18.2 Å². The average Bonchev–Trinajstić information content (AvgIpc) is 3.11. The van der Waals surface area contributed by atoms with E-state index >= 15 is 0 Å². The van der Waals surface area contributed by atoms with Crippen molar-refractivity contribution in [2.75, 3.05) is 14.2 Å². The van der Waals surface area contributed by atoms with E-state index in [1.165, 1.54) is 68.8 Å². The van der Waals surface area contributed by atoms with Crippen molar-refractivity contribution in [2.24, 2.45) is 0 Å². The molecule has 3 aromatic carbocycles. The molecule has 1 aromatic heterocycles. The zero-order valence-electron chi connectivity index (χ0n) is 27.6. The van der Waals surface area contributed by atoms with Gasteiger partial charge in [0.1, 0.15) is 34.5 Å². The number of aromatic hydroxyl groups is 3. The summed E-state index contributed by atoms with van der Waals surface area (Å²) in [6.45, 7) is 5.28. The number of phenols is 3. The minimum absolute atomic E-state index is 0.0283. The fourth-order valence-corrected chi connectivity index (χ4v) is 4.63. The quantitative estimate of drug-likeness (QED) is 0.112. The topological polar surface area (TPSA) is 197 Å². The number of aldehydes is 1. The Labute approximate surface area is 282 Å². The van der Waals surface area contributed by atoms with Gasteiger partial charge in [0, 0.05) is 18.2 Å². The van der Waals surface area contributed by atoms with E-state index in [1.54, 1.807) is 20.8 Å². The van der Waals surface area contributed by atoms with E-state index in [-0.39, 0.29) is 68.7 Å². The third-order valence-corrected chi connectivity index (χ3v) is 7.33. The second-order valence-electron chi connectivity index (χ2n) is 10.6. The van der Waals surface area contributed by atoms with Crippen LogP contribution in [0.4, 0.5) is 0 Å². The van der Waals surface area contributed by atoms with Gasteiger partial charge in [0.2, 0.25) is 0 Å². The van der Waals surface area contributed by atoms with E-state index < -0.39 is 30.3 Å². The fourth-order valence-electron chi connectivity index (χ4n) is 4.63. The molecule has 4 rings (SSSR count). The predicted octanol–water partition coefficient (Wildman–Crippen LogP) is 5.01. The molecule has 14 nitrogen and oxygen atoms in total. The van der Waals surface area contributed by atoms with Crippen LogP contribution in [0.25, 0.3) is 34.2 Å². The number of hydrogen-bond donors (Lipinski definition) is 3. The highest BCUT2D eigenvalue weighted by atomic mass is 16.6. The Morgan fingerprint density at radius 2 is 0.959 bits per heavy atom. The molecule has 0 radical (unpaired) electrons. The Balaban J connectivity index is 1.81. The van der Waals surface area contributed by atoms with Gasteiger partial charge < -0.3 is 39.0 Å². The summed E-state index contributed by atoms with van der Waals surface area (Å²) in [5.74, 6) is -1.49. The molecule has 0 bridgehead atoms. The van der Waals surface area contributed by atoms with Crippen molar-refractivity contribution in [1.29, 1.82) is 0 Å². The fraction of sp³-hybridized carbons (Fsp3) is 0.314. The maximum atomic E-state index is 12.0. The molecule has 3 atom stereocenters. The molecule has 0 saturated heterocycles. The van der Waals surface area contributed by atoms with Crippen LogP contribution < -0.4 is 14.2 Å². The minimum atomic E-state index is -0.894. The van der Waals surface area contributed by atoms with Crippen LogP contribution in [0.3, 0.4) is 0 Å². The highest BCUT2D eigenvalue weighted by Gasteiger charge is 2.23. The molecule has 4 aromatic rings. The van der Waals surface area contributed by atoms with Crippen molar-refractivity contribution in [1.82, 2.24) is 15.0 Å². The lowest BCUT2D eigenvalue weighted by molar-refractivity contribution is -0.149. The number of hydrogen-bond acceptors (Lipinski definition) is 14. The lowest BCUT2D eigenvalue weighted by Gasteiger charge is -2.17. The number of methoxy groups -OCH3 is 2. The molecule has 0 spiro atoms. The monoisotopic (exact) mass is 675 g/mol. The Kier molecular flexibility index (Phi) is 11.9. The van der Waals surface area contributed by atoms with Crippen LogP contribution in [-0.4, -0.2) is 81.0 Å². The van der Waals surface area contributed by atoms with Gasteiger partial charge in [-0.15, -0.1) is 0 Å². The van der Waals surface area contributed by atoms with Crippen molar-refractivity contribution in [3.63, 3.8) is 0 Å². The lowest BCUT2D eigenvalue weighted by atomic mass is 10.1. The van der Waals surface area contributed by atoms with Gasteiger partial charge >= 0.3 is 11.9 Å². The molecule has 1 heterocycles. The van der Waals surface area contributed by atoms with E-state index in [9.17, 15) is 29.7 Å². The van der Waals surface area contributed by atoms with Crippen LogP contribution in [0.2, 0.25) is 0 Å². The molecule has 49 heavy (non-hydrogen) atoms. The first-order chi connectivity index (χ1) is 23.5. The smallest absolute Gasteiger partial charge is 0.347 e. The highest BCUT2D eigenvalue weighted by molar-refractivity contribution is 5.77. The molecular weight excluding hydrogens is 638 g/mol. The molecule has 0 fully saturated rings. The van der Waals surface area contributed by atoms with Crippen molar-refractivity contribution in [3.05, 3.63) is 54.6 Å². The number of phenolic OH excluding ortho intramolecular Hbond substituents is 3. The van der Waals surface area contributed by atoms with E-state index in [0.29, 0.717) is 25.5 Å². The molecule has 14 heteroatoms. The zero-order chi connectivity index (χ0) is 35.7. The van der Waals surface area contributed by atoms with Crippen molar-refractivity contribution in [2.45, 2.75) is 58.3 Å². The maximum Gasteiger partial charge on any atom is 0.347 e. The first-order valence-corrected chi connectivity index (χ1v) is 15.4. The van der Waals surface area contributed by atoms with Gasteiger partial charge in [0.05, 0.1) is 30.9 Å². The molecule has 0 aliphatic heterocycles. The highest BCUT2D eigenvalue weighted by Crippen LogP contribution is 2.38. The van der Waals surface area contributed by atoms with E-state index in [0.717, 1.165) is 0 Å². The molecule has 3 N–H and O–H groups in total. The van der Waals surface area contributed by atoms with Crippen LogP contribution in [0, 0.1) is 0 Å². The van der Waals surface area contributed by atoms with Gasteiger partial charge in [-0.2, -0.15) is 0 Å². The standard InChI is InChI=1S/C35H37N3O11/c1-6-19(18-39)47-20-9-12-23(26(40)15-20)31-36-32(24-13-10-21(16-27(24)41)48-29(7-2)34(43)45-4)38-33(37-31)25-14-11-22(17-28(25)42)49-30(8-3)35(44)46-5/h9-19,29-30,40-42H,6-8H2,1-5H3. The van der Waals surface area contributed by atoms with Crippen LogP contribution in [0.1, 0.15) is 40.0 Å². The van der Waals surface area contributed by atoms with E-state index in [4.69, 9.17) is 23.7 Å². The van der Waals surface area contributed by atoms with Gasteiger partial charge in [-0.05, 0) is 55.7 Å². The number of esters is 2. The summed E-state index contributed by atoms with van der Waals surface area (Å²) in [4.78, 5) is 48.8. The molecule has 258 valence electrons. The summed E-state index contributed by atoms with van der Waals surface area (Å²) < 4.78 is 26.5. The molecule has 3 unspecified atom stereocenters. The summed E-state index contributed by atoms with van der Waals surface area (Å²) in [5.41, 5.74) is 0.439. The Bertz CT molecular complexity index is 1720. The normalized spacial score (nSPS) is 12.7. The third kappa shape index (κ3) is 8.52. The number of ether oxygens (including phenoxy) is 5. The molecule has 0 aliphatic rings. The van der Waals surface area contributed by atoms with Gasteiger partial charge in [-0.1, -0.05) is 20.8 Å². The summed E-state index contributed by atoms with van der Waals surface area (Å²) in [6, 6.07) is 12.9. The lowest BCUT2D eigenvalue weighted by Crippen LogP contribution is -2.27. The van der Waals surface area contributed by atoms with Gasteiger partial charge in [0.15, 0.2) is 42.1 Å². The molecule has 0 saturated carbocycles. The first-order valence-electron chi connectivity index (χ1n) is 15.4. The van der Waals surface area contributed by atoms with E-state index in [2.05, 4.69) is 15.0 Å². The second kappa shape index (κ2) is 16.3. The van der Waals surface area contributed by atoms with Crippen LogP contribution in [0.15, 0.2) is 54.6 Å². The number of carbonyl (C=O) groups excluding carboxylic acids is 3. The van der Waals surface area contributed by atoms with Gasteiger partial charge in [-0.3, -0.25) is 4.79 Å². The van der Waals surface area contributed by atoms with Crippen LogP contribution in [-0.2, 0) is 23.9 Å². The molecular formula is C35H37N3O11. The number of rotatable bonds is 15. The minimum Gasteiger partial charge on any atom is -0.507 e. The summed E-state index contributed by atoms with van der Waals surface area (Å²) in [5, 5.41) is 33.1. The predicted molar refractivity (Wildman–Crippen MR) is 175 cm³/mol.